The maximum absolute atomic E-state index is 11.1. The molecule has 0 bridgehead atoms. The molecule has 0 spiro atoms. The van der Waals surface area contributed by atoms with E-state index in [0.717, 1.165) is 0 Å². The quantitative estimate of drug-likeness (QED) is 0.669. The molecule has 3 heterocycles. The van der Waals surface area contributed by atoms with Crippen LogP contribution < -0.4 is 5.73 Å². The highest BCUT2D eigenvalue weighted by atomic mass is 16.5. The fourth-order valence-electron chi connectivity index (χ4n) is 2.38. The first-order valence-corrected chi connectivity index (χ1v) is 6.01. The van der Waals surface area contributed by atoms with Crippen LogP contribution >= 0.6 is 0 Å². The number of nitrogens with two attached hydrogens (primary N) is 1. The lowest BCUT2D eigenvalue weighted by Gasteiger charge is -2.28. The Morgan fingerprint density at radius 3 is 2.95 bits per heavy atom. The number of hydrogen-bond acceptors (Lipinski definition) is 9. The minimum atomic E-state index is -1.40. The van der Waals surface area contributed by atoms with Gasteiger partial charge in [0.1, 0.15) is 24.8 Å². The summed E-state index contributed by atoms with van der Waals surface area (Å²) in [5, 5.41) is 22.0. The number of aromatic nitrogens is 4. The fraction of sp³-hybridized carbons (Fsp3) is 0.364. The largest absolute Gasteiger partial charge is 0.506 e. The normalized spacial score (nSPS) is 25.3. The van der Waals surface area contributed by atoms with E-state index in [-0.39, 0.29) is 11.6 Å². The van der Waals surface area contributed by atoms with Gasteiger partial charge in [0.15, 0.2) is 23.0 Å². The van der Waals surface area contributed by atoms with Gasteiger partial charge in [0.05, 0.1) is 0 Å². The van der Waals surface area contributed by atoms with Crippen LogP contribution in [0, 0.1) is 4.91 Å². The molecule has 0 saturated carbocycles. The first kappa shape index (κ1) is 13.2. The van der Waals surface area contributed by atoms with E-state index in [0.29, 0.717) is 11.2 Å². The minimum absolute atomic E-state index is 0.119. The van der Waals surface area contributed by atoms with Crippen molar-refractivity contribution in [1.29, 1.82) is 0 Å². The summed E-state index contributed by atoms with van der Waals surface area (Å²) in [7, 11) is 0. The van der Waals surface area contributed by atoms with Crippen LogP contribution in [0.3, 0.4) is 0 Å². The lowest BCUT2D eigenvalue weighted by molar-refractivity contribution is -0.0456. The summed E-state index contributed by atoms with van der Waals surface area (Å²) in [6.45, 7) is 0.967. The molecule has 2 atom stereocenters. The molecule has 0 amide bonds. The second kappa shape index (κ2) is 4.38. The van der Waals surface area contributed by atoms with E-state index in [4.69, 9.17) is 10.5 Å². The molecule has 10 heteroatoms. The van der Waals surface area contributed by atoms with Crippen LogP contribution in [0.15, 0.2) is 29.3 Å². The van der Waals surface area contributed by atoms with Crippen LogP contribution in [0.4, 0.5) is 5.82 Å². The van der Waals surface area contributed by atoms with E-state index in [1.54, 1.807) is 0 Å². The molecule has 0 aromatic carbocycles. The monoisotopic (exact) mass is 292 g/mol. The highest BCUT2D eigenvalue weighted by Gasteiger charge is 2.51. The Hall–Kier alpha value is -2.75. The van der Waals surface area contributed by atoms with E-state index in [2.05, 4.69) is 20.1 Å². The zero-order valence-electron chi connectivity index (χ0n) is 11.0. The minimum Gasteiger partial charge on any atom is -0.506 e. The molecule has 0 radical (unpaired) electrons. The van der Waals surface area contributed by atoms with E-state index in [1.165, 1.54) is 24.1 Å². The summed E-state index contributed by atoms with van der Waals surface area (Å²) in [4.78, 5) is 23.1. The van der Waals surface area contributed by atoms with Crippen molar-refractivity contribution in [3.05, 3.63) is 29.1 Å². The molecule has 1 aliphatic heterocycles. The number of nitroso groups, excluding NO2 is 1. The maximum Gasteiger partial charge on any atom is 0.219 e. The number of aliphatic hydroxyl groups excluding tert-OH is 2. The van der Waals surface area contributed by atoms with Gasteiger partial charge in [-0.2, -0.15) is 0 Å². The van der Waals surface area contributed by atoms with E-state index in [1.807, 2.05) is 0 Å². The van der Waals surface area contributed by atoms with Crippen molar-refractivity contribution in [1.82, 2.24) is 19.5 Å². The Kier molecular flexibility index (Phi) is 2.76. The van der Waals surface area contributed by atoms with Crippen molar-refractivity contribution in [3.8, 4) is 0 Å². The van der Waals surface area contributed by atoms with Crippen molar-refractivity contribution in [2.75, 3.05) is 12.3 Å². The Bertz CT molecular complexity index is 756. The summed E-state index contributed by atoms with van der Waals surface area (Å²) in [6, 6.07) is -1.24. The summed E-state index contributed by atoms with van der Waals surface area (Å²) in [6.07, 6.45) is 2.61. The molecule has 10 nitrogen and oxygen atoms in total. The Labute approximate surface area is 117 Å². The van der Waals surface area contributed by atoms with Crippen LogP contribution in [-0.4, -0.2) is 42.4 Å². The van der Waals surface area contributed by atoms with Crippen LogP contribution in [0.5, 0.6) is 0 Å². The van der Waals surface area contributed by atoms with Gasteiger partial charge >= 0.3 is 0 Å². The SMILES string of the molecule is C[C@@]1(n2cnc3c(N)ncnc32)OC(CO)=C(O)C1N=O. The molecule has 2 aromatic heterocycles. The fourth-order valence-corrected chi connectivity index (χ4v) is 2.38. The van der Waals surface area contributed by atoms with Gasteiger partial charge < -0.3 is 20.7 Å². The van der Waals surface area contributed by atoms with Crippen molar-refractivity contribution >= 4 is 17.0 Å². The third-order valence-electron chi connectivity index (χ3n) is 3.47. The second-order valence-electron chi connectivity index (χ2n) is 4.68. The average Bonchev–Trinajstić information content (AvgIpc) is 3.00. The summed E-state index contributed by atoms with van der Waals surface area (Å²) in [5.41, 5.74) is 4.96. The van der Waals surface area contributed by atoms with Gasteiger partial charge in [-0.15, -0.1) is 4.91 Å². The maximum atomic E-state index is 11.1. The highest BCUT2D eigenvalue weighted by molar-refractivity contribution is 5.81. The molecule has 2 aromatic rings. The topological polar surface area (TPSA) is 149 Å². The summed E-state index contributed by atoms with van der Waals surface area (Å²) >= 11 is 0. The van der Waals surface area contributed by atoms with Crippen LogP contribution in [0.2, 0.25) is 0 Å². The van der Waals surface area contributed by atoms with Crippen molar-refractivity contribution in [2.24, 2.45) is 5.18 Å². The zero-order chi connectivity index (χ0) is 15.2. The van der Waals surface area contributed by atoms with Crippen LogP contribution in [0.1, 0.15) is 6.92 Å². The molecule has 0 fully saturated rings. The third kappa shape index (κ3) is 1.65. The Balaban J connectivity index is 2.18. The number of anilines is 1. The molecule has 21 heavy (non-hydrogen) atoms. The summed E-state index contributed by atoms with van der Waals surface area (Å²) in [5.74, 6) is -0.361. The predicted octanol–water partition coefficient (Wildman–Crippen LogP) is 0.00830. The van der Waals surface area contributed by atoms with E-state index < -0.39 is 24.1 Å². The Morgan fingerprint density at radius 2 is 2.29 bits per heavy atom. The number of hydrogen-bond donors (Lipinski definition) is 3. The van der Waals surface area contributed by atoms with Gasteiger partial charge in [-0.3, -0.25) is 4.57 Å². The zero-order valence-corrected chi connectivity index (χ0v) is 11.0. The van der Waals surface area contributed by atoms with Gasteiger partial charge in [-0.05, 0) is 6.92 Å². The first-order chi connectivity index (χ1) is 10.0. The van der Waals surface area contributed by atoms with Gasteiger partial charge in [0.25, 0.3) is 0 Å². The molecular weight excluding hydrogens is 280 g/mol. The second-order valence-corrected chi connectivity index (χ2v) is 4.68. The van der Waals surface area contributed by atoms with E-state index >= 15 is 0 Å². The van der Waals surface area contributed by atoms with Crippen molar-refractivity contribution in [3.63, 3.8) is 0 Å². The number of nitrogens with zero attached hydrogens (tertiary/aromatic N) is 5. The molecule has 0 saturated heterocycles. The predicted molar refractivity (Wildman–Crippen MR) is 70.8 cm³/mol. The molecule has 110 valence electrons. The van der Waals surface area contributed by atoms with Gasteiger partial charge in [0, 0.05) is 0 Å². The molecule has 4 N–H and O–H groups in total. The molecule has 1 unspecified atom stereocenters. The molecule has 1 aliphatic rings. The average molecular weight is 292 g/mol. The van der Waals surface area contributed by atoms with Gasteiger partial charge in [0.2, 0.25) is 11.8 Å². The first-order valence-electron chi connectivity index (χ1n) is 6.01. The highest BCUT2D eigenvalue weighted by Crippen LogP contribution is 2.40. The van der Waals surface area contributed by atoms with E-state index in [9.17, 15) is 15.1 Å². The van der Waals surface area contributed by atoms with Crippen molar-refractivity contribution < 1.29 is 14.9 Å². The van der Waals surface area contributed by atoms with Gasteiger partial charge in [-0.25, -0.2) is 15.0 Å². The van der Waals surface area contributed by atoms with Crippen LogP contribution in [-0.2, 0) is 10.5 Å². The number of nitrogen functional groups attached to an aromatic ring is 1. The molecule has 0 aliphatic carbocycles. The number of imidazole rings is 1. The van der Waals surface area contributed by atoms with Gasteiger partial charge in [-0.1, -0.05) is 5.18 Å². The lowest BCUT2D eigenvalue weighted by atomic mass is 10.1. The van der Waals surface area contributed by atoms with Crippen LogP contribution in [0.25, 0.3) is 11.2 Å². The third-order valence-corrected chi connectivity index (χ3v) is 3.47. The Morgan fingerprint density at radius 1 is 1.52 bits per heavy atom. The standard InChI is InChI=1S/C11H12N6O4/c1-11(8(16-20)7(19)5(2-18)21-11)17-4-15-6-9(12)13-3-14-10(6)17/h3-4,8,18-19H,2H2,1H3,(H2,12,13,14)/t8?,11-/m1/s1. The number of fused-ring (bicyclic) bond motifs is 1. The lowest BCUT2D eigenvalue weighted by Crippen LogP contribution is -2.40. The number of rotatable bonds is 3. The van der Waals surface area contributed by atoms with Crippen molar-refractivity contribution in [2.45, 2.75) is 18.7 Å². The molecular formula is C11H12N6O4. The number of aliphatic hydroxyl groups is 2. The number of ether oxygens (including phenoxy) is 1. The molecule has 3 rings (SSSR count). The summed E-state index contributed by atoms with van der Waals surface area (Å²) < 4.78 is 6.94. The smallest absolute Gasteiger partial charge is 0.219 e.